The van der Waals surface area contributed by atoms with Gasteiger partial charge in [0.2, 0.25) is 0 Å². The quantitative estimate of drug-likeness (QED) is 0.601. The number of hydrogen-bond donors (Lipinski definition) is 1. The van der Waals surface area contributed by atoms with Gasteiger partial charge in [0.1, 0.15) is 0 Å². The van der Waals surface area contributed by atoms with Gasteiger partial charge in [-0.05, 0) is 31.8 Å². The number of methoxy groups -OCH3 is 1. The maximum absolute atomic E-state index is 5.73. The fourth-order valence-corrected chi connectivity index (χ4v) is 1.53. The standard InChI is InChI=1S/C11H26N2O/c1-10(2)11(8-12)9-13(3)6-5-7-14-4/h10-11H,5-9,12H2,1-4H3. The molecule has 1 atom stereocenters. The van der Waals surface area contributed by atoms with E-state index in [1.165, 1.54) is 0 Å². The third-order valence-electron chi connectivity index (χ3n) is 2.68. The minimum absolute atomic E-state index is 0.613. The maximum Gasteiger partial charge on any atom is 0.0474 e. The second kappa shape index (κ2) is 8.21. The predicted octanol–water partition coefficient (Wildman–Crippen LogP) is 1.19. The molecule has 0 fully saturated rings. The number of ether oxygens (including phenoxy) is 1. The van der Waals surface area contributed by atoms with Crippen LogP contribution in [0.5, 0.6) is 0 Å². The lowest BCUT2D eigenvalue weighted by Gasteiger charge is -2.25. The SMILES string of the molecule is COCCCN(C)CC(CN)C(C)C. The molecule has 0 aromatic rings. The van der Waals surface area contributed by atoms with E-state index in [0.29, 0.717) is 11.8 Å². The first kappa shape index (κ1) is 13.9. The van der Waals surface area contributed by atoms with Crippen LogP contribution in [-0.2, 0) is 4.74 Å². The van der Waals surface area contributed by atoms with E-state index in [2.05, 4.69) is 25.8 Å². The molecule has 2 N–H and O–H groups in total. The molecule has 0 rings (SSSR count). The fourth-order valence-electron chi connectivity index (χ4n) is 1.53. The van der Waals surface area contributed by atoms with Crippen molar-refractivity contribution in [3.63, 3.8) is 0 Å². The fraction of sp³-hybridized carbons (Fsp3) is 1.00. The summed E-state index contributed by atoms with van der Waals surface area (Å²) in [6.45, 7) is 8.29. The van der Waals surface area contributed by atoms with Crippen LogP contribution in [0.3, 0.4) is 0 Å². The highest BCUT2D eigenvalue weighted by Crippen LogP contribution is 2.10. The van der Waals surface area contributed by atoms with Gasteiger partial charge < -0.3 is 15.4 Å². The zero-order valence-corrected chi connectivity index (χ0v) is 10.1. The third-order valence-corrected chi connectivity index (χ3v) is 2.68. The topological polar surface area (TPSA) is 38.5 Å². The van der Waals surface area contributed by atoms with Gasteiger partial charge in [0.05, 0.1) is 0 Å². The maximum atomic E-state index is 5.73. The van der Waals surface area contributed by atoms with Crippen molar-refractivity contribution in [1.29, 1.82) is 0 Å². The lowest BCUT2D eigenvalue weighted by atomic mass is 9.95. The monoisotopic (exact) mass is 202 g/mol. The molecule has 0 aliphatic carbocycles. The molecule has 3 nitrogen and oxygen atoms in total. The molecule has 0 bridgehead atoms. The average molecular weight is 202 g/mol. The van der Waals surface area contributed by atoms with E-state index >= 15 is 0 Å². The Morgan fingerprint density at radius 3 is 2.43 bits per heavy atom. The second-order valence-electron chi connectivity index (χ2n) is 4.35. The molecule has 3 heteroatoms. The van der Waals surface area contributed by atoms with Gasteiger partial charge in [-0.25, -0.2) is 0 Å². The number of rotatable bonds is 8. The summed E-state index contributed by atoms with van der Waals surface area (Å²) in [5, 5.41) is 0. The van der Waals surface area contributed by atoms with Gasteiger partial charge in [-0.3, -0.25) is 0 Å². The second-order valence-corrected chi connectivity index (χ2v) is 4.35. The van der Waals surface area contributed by atoms with Gasteiger partial charge in [0, 0.05) is 26.8 Å². The normalized spacial score (nSPS) is 13.9. The van der Waals surface area contributed by atoms with E-state index in [1.54, 1.807) is 7.11 Å². The van der Waals surface area contributed by atoms with Crippen molar-refractivity contribution in [3.05, 3.63) is 0 Å². The Morgan fingerprint density at radius 1 is 1.36 bits per heavy atom. The van der Waals surface area contributed by atoms with Gasteiger partial charge in [-0.2, -0.15) is 0 Å². The van der Waals surface area contributed by atoms with E-state index in [-0.39, 0.29) is 0 Å². The molecule has 0 aromatic heterocycles. The largest absolute Gasteiger partial charge is 0.385 e. The van der Waals surface area contributed by atoms with Crippen molar-refractivity contribution in [3.8, 4) is 0 Å². The van der Waals surface area contributed by atoms with Crippen LogP contribution in [0.1, 0.15) is 20.3 Å². The summed E-state index contributed by atoms with van der Waals surface area (Å²) in [6.07, 6.45) is 1.10. The molecular weight excluding hydrogens is 176 g/mol. The zero-order chi connectivity index (χ0) is 11.0. The van der Waals surface area contributed by atoms with E-state index in [4.69, 9.17) is 10.5 Å². The van der Waals surface area contributed by atoms with Crippen LogP contribution in [0.25, 0.3) is 0 Å². The van der Waals surface area contributed by atoms with Gasteiger partial charge in [0.15, 0.2) is 0 Å². The number of nitrogens with zero attached hydrogens (tertiary/aromatic N) is 1. The highest BCUT2D eigenvalue weighted by molar-refractivity contribution is 4.67. The summed E-state index contributed by atoms with van der Waals surface area (Å²) in [7, 11) is 3.90. The van der Waals surface area contributed by atoms with Crippen LogP contribution in [0, 0.1) is 11.8 Å². The van der Waals surface area contributed by atoms with Crippen LogP contribution in [-0.4, -0.2) is 45.3 Å². The summed E-state index contributed by atoms with van der Waals surface area (Å²) in [6, 6.07) is 0. The Bertz CT molecular complexity index is 128. The molecule has 0 amide bonds. The summed E-state index contributed by atoms with van der Waals surface area (Å²) < 4.78 is 5.02. The average Bonchev–Trinajstić information content (AvgIpc) is 2.14. The number of hydrogen-bond acceptors (Lipinski definition) is 3. The van der Waals surface area contributed by atoms with Crippen molar-refractivity contribution < 1.29 is 4.74 Å². The van der Waals surface area contributed by atoms with E-state index < -0.39 is 0 Å². The zero-order valence-electron chi connectivity index (χ0n) is 10.1. The van der Waals surface area contributed by atoms with Crippen molar-refractivity contribution in [2.45, 2.75) is 20.3 Å². The van der Waals surface area contributed by atoms with Crippen LogP contribution >= 0.6 is 0 Å². The van der Waals surface area contributed by atoms with Crippen molar-refractivity contribution >= 4 is 0 Å². The molecule has 0 aliphatic rings. The smallest absolute Gasteiger partial charge is 0.0474 e. The van der Waals surface area contributed by atoms with Crippen LogP contribution in [0.2, 0.25) is 0 Å². The molecular formula is C11H26N2O. The molecule has 0 saturated carbocycles. The van der Waals surface area contributed by atoms with Crippen molar-refractivity contribution in [2.24, 2.45) is 17.6 Å². The molecule has 1 unspecified atom stereocenters. The molecule has 86 valence electrons. The van der Waals surface area contributed by atoms with E-state index in [0.717, 1.165) is 32.7 Å². The van der Waals surface area contributed by atoms with Crippen LogP contribution in [0.15, 0.2) is 0 Å². The highest BCUT2D eigenvalue weighted by atomic mass is 16.5. The molecule has 0 radical (unpaired) electrons. The molecule has 0 aliphatic heterocycles. The predicted molar refractivity (Wildman–Crippen MR) is 61.4 cm³/mol. The molecule has 0 saturated heterocycles. The lowest BCUT2D eigenvalue weighted by molar-refractivity contribution is 0.169. The minimum atomic E-state index is 0.613. The summed E-state index contributed by atoms with van der Waals surface area (Å²) in [5.41, 5.74) is 5.73. The Hall–Kier alpha value is -0.120. The Kier molecular flexibility index (Phi) is 8.14. The minimum Gasteiger partial charge on any atom is -0.385 e. The van der Waals surface area contributed by atoms with Crippen molar-refractivity contribution in [1.82, 2.24) is 4.90 Å². The van der Waals surface area contributed by atoms with Gasteiger partial charge >= 0.3 is 0 Å². The highest BCUT2D eigenvalue weighted by Gasteiger charge is 2.13. The lowest BCUT2D eigenvalue weighted by Crippen LogP contribution is -2.34. The van der Waals surface area contributed by atoms with Gasteiger partial charge in [0.25, 0.3) is 0 Å². The molecule has 0 heterocycles. The number of nitrogens with two attached hydrogens (primary N) is 1. The van der Waals surface area contributed by atoms with E-state index in [1.807, 2.05) is 0 Å². The molecule has 0 spiro atoms. The van der Waals surface area contributed by atoms with Gasteiger partial charge in [-0.1, -0.05) is 13.8 Å². The van der Waals surface area contributed by atoms with Crippen LogP contribution in [0.4, 0.5) is 0 Å². The Balaban J connectivity index is 3.62. The Morgan fingerprint density at radius 2 is 2.00 bits per heavy atom. The Labute approximate surface area is 88.6 Å². The first-order valence-electron chi connectivity index (χ1n) is 5.49. The summed E-state index contributed by atoms with van der Waals surface area (Å²) in [5.74, 6) is 1.28. The molecule has 0 aromatic carbocycles. The summed E-state index contributed by atoms with van der Waals surface area (Å²) in [4.78, 5) is 2.34. The third kappa shape index (κ3) is 6.35. The first-order chi connectivity index (χ1) is 6.61. The van der Waals surface area contributed by atoms with Crippen molar-refractivity contribution in [2.75, 3.05) is 40.4 Å². The summed E-state index contributed by atoms with van der Waals surface area (Å²) >= 11 is 0. The van der Waals surface area contributed by atoms with Gasteiger partial charge in [-0.15, -0.1) is 0 Å². The first-order valence-corrected chi connectivity index (χ1v) is 5.49. The van der Waals surface area contributed by atoms with E-state index in [9.17, 15) is 0 Å². The molecule has 14 heavy (non-hydrogen) atoms. The van der Waals surface area contributed by atoms with Crippen LogP contribution < -0.4 is 5.73 Å².